The Balaban J connectivity index is 1.32. The molecule has 4 rings (SSSR count). The highest BCUT2D eigenvalue weighted by Gasteiger charge is 2.24. The van der Waals surface area contributed by atoms with Gasteiger partial charge in [0.1, 0.15) is 5.02 Å². The summed E-state index contributed by atoms with van der Waals surface area (Å²) in [5.74, 6) is -0.423. The minimum atomic E-state index is -0.617. The zero-order valence-corrected chi connectivity index (χ0v) is 20.3. The van der Waals surface area contributed by atoms with Gasteiger partial charge in [0.25, 0.3) is 0 Å². The number of methoxy groups -OCH3 is 1. The molecule has 0 atom stereocenters. The van der Waals surface area contributed by atoms with E-state index in [2.05, 4.69) is 10.6 Å². The average Bonchev–Trinajstić information content (AvgIpc) is 3.17. The van der Waals surface area contributed by atoms with Gasteiger partial charge < -0.3 is 25.4 Å². The fraction of sp³-hybridized carbons (Fsp3) is 0.280. The number of aromatic hydroxyl groups is 1. The smallest absolute Gasteiger partial charge is 0.351 e. The Bertz CT molecular complexity index is 1160. The van der Waals surface area contributed by atoms with Gasteiger partial charge in [-0.05, 0) is 48.6 Å². The Morgan fingerprint density at radius 2 is 1.82 bits per heavy atom. The molecule has 1 fully saturated rings. The van der Waals surface area contributed by atoms with Crippen LogP contribution in [0.4, 0.5) is 16.2 Å². The van der Waals surface area contributed by atoms with Crippen LogP contribution in [0.15, 0.2) is 54.6 Å². The predicted molar refractivity (Wildman–Crippen MR) is 136 cm³/mol. The molecule has 0 spiro atoms. The van der Waals surface area contributed by atoms with Crippen LogP contribution in [0, 0.1) is 5.92 Å². The second kappa shape index (κ2) is 10.8. The molecule has 2 heterocycles. The van der Waals surface area contributed by atoms with E-state index in [1.54, 1.807) is 0 Å². The topological polar surface area (TPSA) is 90.9 Å². The van der Waals surface area contributed by atoms with E-state index in [1.165, 1.54) is 7.11 Å². The third-order valence-corrected chi connectivity index (χ3v) is 7.53. The number of para-hydroxylation sites is 1. The van der Waals surface area contributed by atoms with Gasteiger partial charge in [-0.3, -0.25) is 0 Å². The number of ether oxygens (including phenoxy) is 1. The van der Waals surface area contributed by atoms with Gasteiger partial charge in [0.05, 0.1) is 12.0 Å². The van der Waals surface area contributed by atoms with Gasteiger partial charge in [-0.25, -0.2) is 9.59 Å². The number of carbonyl (C=O) groups excluding carboxylic acids is 2. The van der Waals surface area contributed by atoms with Gasteiger partial charge in [0.2, 0.25) is 0 Å². The number of likely N-dealkylation sites (tertiary alicyclic amines) is 1. The number of hydrogen-bond donors (Lipinski definition) is 3. The summed E-state index contributed by atoms with van der Waals surface area (Å²) in [6, 6.07) is 17.1. The van der Waals surface area contributed by atoms with Crippen molar-refractivity contribution in [2.24, 2.45) is 5.92 Å². The quantitative estimate of drug-likeness (QED) is 0.366. The third-order valence-electron chi connectivity index (χ3n) is 5.84. The van der Waals surface area contributed by atoms with Gasteiger partial charge >= 0.3 is 12.0 Å². The molecule has 2 aromatic carbocycles. The minimum absolute atomic E-state index is 0.0623. The number of rotatable bonds is 6. The molecule has 34 heavy (non-hydrogen) atoms. The summed E-state index contributed by atoms with van der Waals surface area (Å²) in [5, 5.41) is 16.8. The number of halogens is 1. The van der Waals surface area contributed by atoms with Gasteiger partial charge in [0, 0.05) is 31.0 Å². The van der Waals surface area contributed by atoms with E-state index < -0.39 is 5.97 Å². The first kappa shape index (κ1) is 23.9. The summed E-state index contributed by atoms with van der Waals surface area (Å²) in [5.41, 5.74) is 2.53. The number of nitrogens with zero attached hydrogens (tertiary/aromatic N) is 1. The maximum atomic E-state index is 12.5. The third kappa shape index (κ3) is 5.46. The summed E-state index contributed by atoms with van der Waals surface area (Å²) in [7, 11) is 1.26. The lowest BCUT2D eigenvalue weighted by molar-refractivity contribution is 0.0603. The summed E-state index contributed by atoms with van der Waals surface area (Å²) in [6.07, 6.45) is 1.84. The first-order valence-corrected chi connectivity index (χ1v) is 12.2. The Hall–Kier alpha value is -3.23. The largest absolute Gasteiger partial charge is 0.505 e. The first-order valence-electron chi connectivity index (χ1n) is 11.0. The molecule has 0 aliphatic carbocycles. The number of nitrogens with one attached hydrogen (secondary N) is 2. The van der Waals surface area contributed by atoms with Crippen molar-refractivity contribution in [2.45, 2.75) is 12.8 Å². The molecular weight excluding hydrogens is 474 g/mol. The summed E-state index contributed by atoms with van der Waals surface area (Å²) >= 11 is 7.39. The molecule has 0 unspecified atom stereocenters. The van der Waals surface area contributed by atoms with E-state index in [0.717, 1.165) is 47.7 Å². The lowest BCUT2D eigenvalue weighted by atomic mass is 9.97. The number of urea groups is 1. The maximum absolute atomic E-state index is 12.5. The van der Waals surface area contributed by atoms with Crippen LogP contribution in [0.25, 0.3) is 10.4 Å². The van der Waals surface area contributed by atoms with Crippen molar-refractivity contribution in [2.75, 3.05) is 37.4 Å². The molecule has 3 aromatic rings. The van der Waals surface area contributed by atoms with E-state index in [0.29, 0.717) is 23.9 Å². The Labute approximate surface area is 207 Å². The number of benzene rings is 2. The molecule has 7 nitrogen and oxygen atoms in total. The van der Waals surface area contributed by atoms with Crippen LogP contribution in [-0.4, -0.2) is 48.8 Å². The average molecular weight is 500 g/mol. The molecule has 1 aliphatic rings. The van der Waals surface area contributed by atoms with Crippen molar-refractivity contribution in [3.8, 4) is 16.2 Å². The molecule has 0 bridgehead atoms. The SMILES string of the molecule is COC(=O)c1sc(-c2cccc(NCC3CCN(C(=O)Nc4ccccc4)CC3)c2)c(Cl)c1O. The van der Waals surface area contributed by atoms with Crippen LogP contribution in [0.5, 0.6) is 5.75 Å². The number of amides is 2. The van der Waals surface area contributed by atoms with Crippen LogP contribution in [-0.2, 0) is 4.74 Å². The lowest BCUT2D eigenvalue weighted by Crippen LogP contribution is -2.42. The van der Waals surface area contributed by atoms with Crippen molar-refractivity contribution >= 4 is 46.3 Å². The monoisotopic (exact) mass is 499 g/mol. The Morgan fingerprint density at radius 1 is 1.12 bits per heavy atom. The fourth-order valence-electron chi connectivity index (χ4n) is 3.92. The lowest BCUT2D eigenvalue weighted by Gasteiger charge is -2.32. The first-order chi connectivity index (χ1) is 16.5. The number of hydrogen-bond acceptors (Lipinski definition) is 6. The number of anilines is 2. The molecule has 1 saturated heterocycles. The van der Waals surface area contributed by atoms with Crippen LogP contribution in [0.1, 0.15) is 22.5 Å². The predicted octanol–water partition coefficient (Wildman–Crippen LogP) is 5.92. The standard InChI is InChI=1S/C25H26ClN3O4S/c1-33-24(31)23-21(30)20(26)22(34-23)17-6-5-9-19(14-17)27-15-16-10-12-29(13-11-16)25(32)28-18-7-3-2-4-8-18/h2-9,14,16,27,30H,10-13,15H2,1H3,(H,28,32). The highest BCUT2D eigenvalue weighted by atomic mass is 35.5. The van der Waals surface area contributed by atoms with Gasteiger partial charge in [0.15, 0.2) is 10.6 Å². The van der Waals surface area contributed by atoms with Crippen molar-refractivity contribution in [1.29, 1.82) is 0 Å². The van der Waals surface area contributed by atoms with Crippen LogP contribution < -0.4 is 10.6 Å². The highest BCUT2D eigenvalue weighted by Crippen LogP contribution is 2.45. The fourth-order valence-corrected chi connectivity index (χ4v) is 5.29. The molecule has 1 aromatic heterocycles. The number of thiophene rings is 1. The zero-order valence-electron chi connectivity index (χ0n) is 18.7. The van der Waals surface area contributed by atoms with Crippen molar-refractivity contribution in [3.05, 3.63) is 64.5 Å². The molecule has 9 heteroatoms. The number of piperidine rings is 1. The van der Waals surface area contributed by atoms with Gasteiger partial charge in [-0.1, -0.05) is 41.9 Å². The summed E-state index contributed by atoms with van der Waals surface area (Å²) < 4.78 is 4.71. The molecule has 2 amide bonds. The van der Waals surface area contributed by atoms with Crippen molar-refractivity contribution in [1.82, 2.24) is 4.90 Å². The van der Waals surface area contributed by atoms with E-state index in [-0.39, 0.29) is 21.7 Å². The Kier molecular flexibility index (Phi) is 7.59. The number of esters is 1. The molecule has 178 valence electrons. The van der Waals surface area contributed by atoms with Crippen LogP contribution in [0.3, 0.4) is 0 Å². The highest BCUT2D eigenvalue weighted by molar-refractivity contribution is 7.18. The second-order valence-electron chi connectivity index (χ2n) is 8.10. The van der Waals surface area contributed by atoms with E-state index >= 15 is 0 Å². The van der Waals surface area contributed by atoms with Crippen LogP contribution in [0.2, 0.25) is 5.02 Å². The van der Waals surface area contributed by atoms with E-state index in [4.69, 9.17) is 16.3 Å². The second-order valence-corrected chi connectivity index (χ2v) is 9.50. The van der Waals surface area contributed by atoms with E-state index in [1.807, 2.05) is 59.5 Å². The normalized spacial score (nSPS) is 14.0. The molecule has 3 N–H and O–H groups in total. The molecule has 1 aliphatic heterocycles. The molecular formula is C25H26ClN3O4S. The summed E-state index contributed by atoms with van der Waals surface area (Å²) in [6.45, 7) is 2.21. The molecule has 0 saturated carbocycles. The van der Waals surface area contributed by atoms with Crippen molar-refractivity contribution in [3.63, 3.8) is 0 Å². The van der Waals surface area contributed by atoms with Gasteiger partial charge in [-0.2, -0.15) is 0 Å². The minimum Gasteiger partial charge on any atom is -0.505 e. The number of carbonyl (C=O) groups is 2. The zero-order chi connectivity index (χ0) is 24.1. The van der Waals surface area contributed by atoms with Crippen LogP contribution >= 0.6 is 22.9 Å². The maximum Gasteiger partial charge on any atom is 0.351 e. The Morgan fingerprint density at radius 3 is 2.53 bits per heavy atom. The van der Waals surface area contributed by atoms with Gasteiger partial charge in [-0.15, -0.1) is 11.3 Å². The summed E-state index contributed by atoms with van der Waals surface area (Å²) in [4.78, 5) is 26.9. The molecule has 0 radical (unpaired) electrons. The van der Waals surface area contributed by atoms with E-state index in [9.17, 15) is 14.7 Å². The van der Waals surface area contributed by atoms with Crippen molar-refractivity contribution < 1.29 is 19.4 Å².